The fourth-order valence-corrected chi connectivity index (χ4v) is 2.40. The van der Waals surface area contributed by atoms with Crippen LogP contribution in [-0.2, 0) is 9.47 Å². The minimum Gasteiger partial charge on any atom is -0.376 e. The van der Waals surface area contributed by atoms with Gasteiger partial charge in [0.1, 0.15) is 0 Å². The van der Waals surface area contributed by atoms with Gasteiger partial charge in [0.05, 0.1) is 25.9 Å². The van der Waals surface area contributed by atoms with Crippen LogP contribution in [0.25, 0.3) is 0 Å². The van der Waals surface area contributed by atoms with Crippen molar-refractivity contribution >= 4 is 0 Å². The zero-order valence-corrected chi connectivity index (χ0v) is 8.84. The maximum absolute atomic E-state index is 5.77. The second-order valence-electron chi connectivity index (χ2n) is 4.28. The molecule has 0 bridgehead atoms. The van der Waals surface area contributed by atoms with Crippen molar-refractivity contribution in [1.29, 1.82) is 0 Å². The normalized spacial score (nSPS) is 32.1. The molecule has 2 saturated heterocycles. The highest BCUT2D eigenvalue weighted by molar-refractivity contribution is 4.75. The Morgan fingerprint density at radius 1 is 1.00 bits per heavy atom. The summed E-state index contributed by atoms with van der Waals surface area (Å²) in [6.45, 7) is 4.73. The molecule has 0 aliphatic carbocycles. The van der Waals surface area contributed by atoms with Crippen LogP contribution in [0.3, 0.4) is 0 Å². The average molecular weight is 199 g/mol. The molecule has 3 nitrogen and oxygen atoms in total. The van der Waals surface area contributed by atoms with Gasteiger partial charge in [-0.1, -0.05) is 0 Å². The number of rotatable bonds is 1. The third-order valence-electron chi connectivity index (χ3n) is 3.22. The highest BCUT2D eigenvalue weighted by atomic mass is 16.6. The smallest absolute Gasteiger partial charge is 0.0837 e. The lowest BCUT2D eigenvalue weighted by Gasteiger charge is -2.31. The highest BCUT2D eigenvalue weighted by Gasteiger charge is 2.24. The van der Waals surface area contributed by atoms with Gasteiger partial charge in [-0.05, 0) is 44.7 Å². The molecule has 2 fully saturated rings. The van der Waals surface area contributed by atoms with Crippen molar-refractivity contribution in [2.24, 2.45) is 5.92 Å². The van der Waals surface area contributed by atoms with Gasteiger partial charge in [0.25, 0.3) is 0 Å². The van der Waals surface area contributed by atoms with Gasteiger partial charge in [0.2, 0.25) is 0 Å². The molecule has 0 radical (unpaired) electrons. The molecular formula is C11H21NO2. The summed E-state index contributed by atoms with van der Waals surface area (Å²) in [6, 6.07) is 0. The molecule has 1 N–H and O–H groups in total. The fourth-order valence-electron chi connectivity index (χ4n) is 2.40. The van der Waals surface area contributed by atoms with Crippen molar-refractivity contribution < 1.29 is 9.47 Å². The van der Waals surface area contributed by atoms with E-state index in [0.717, 1.165) is 25.7 Å². The topological polar surface area (TPSA) is 30.5 Å². The monoisotopic (exact) mass is 199 g/mol. The van der Waals surface area contributed by atoms with E-state index in [1.165, 1.54) is 38.8 Å². The van der Waals surface area contributed by atoms with Crippen molar-refractivity contribution in [2.75, 3.05) is 32.9 Å². The summed E-state index contributed by atoms with van der Waals surface area (Å²) in [6.07, 6.45) is 5.53. The first-order valence-corrected chi connectivity index (χ1v) is 5.87. The zero-order valence-electron chi connectivity index (χ0n) is 8.84. The second-order valence-corrected chi connectivity index (χ2v) is 4.28. The van der Waals surface area contributed by atoms with Crippen LogP contribution in [0.15, 0.2) is 0 Å². The van der Waals surface area contributed by atoms with E-state index in [4.69, 9.17) is 9.47 Å². The van der Waals surface area contributed by atoms with Gasteiger partial charge in [-0.2, -0.15) is 0 Å². The average Bonchev–Trinajstić information content (AvgIpc) is 2.18. The summed E-state index contributed by atoms with van der Waals surface area (Å²) in [7, 11) is 0. The quantitative estimate of drug-likeness (QED) is 0.688. The van der Waals surface area contributed by atoms with Crippen molar-refractivity contribution in [2.45, 2.75) is 31.8 Å². The van der Waals surface area contributed by atoms with Crippen LogP contribution >= 0.6 is 0 Å². The van der Waals surface area contributed by atoms with Gasteiger partial charge >= 0.3 is 0 Å². The van der Waals surface area contributed by atoms with E-state index in [2.05, 4.69) is 5.32 Å². The molecule has 2 heterocycles. The lowest BCUT2D eigenvalue weighted by molar-refractivity contribution is -0.114. The molecule has 14 heavy (non-hydrogen) atoms. The van der Waals surface area contributed by atoms with Crippen LogP contribution in [-0.4, -0.2) is 39.0 Å². The summed E-state index contributed by atoms with van der Waals surface area (Å²) >= 11 is 0. The van der Waals surface area contributed by atoms with E-state index in [9.17, 15) is 0 Å². The van der Waals surface area contributed by atoms with Gasteiger partial charge in [-0.15, -0.1) is 0 Å². The minimum atomic E-state index is 0.377. The maximum Gasteiger partial charge on any atom is 0.0837 e. The second kappa shape index (κ2) is 5.69. The first-order valence-electron chi connectivity index (χ1n) is 5.87. The van der Waals surface area contributed by atoms with E-state index in [0.29, 0.717) is 6.10 Å². The van der Waals surface area contributed by atoms with Gasteiger partial charge in [0.15, 0.2) is 0 Å². The summed E-state index contributed by atoms with van der Waals surface area (Å²) in [5.74, 6) is 0.734. The van der Waals surface area contributed by atoms with Crippen LogP contribution < -0.4 is 5.32 Å². The van der Waals surface area contributed by atoms with Crippen molar-refractivity contribution in [3.8, 4) is 0 Å². The molecule has 3 heteroatoms. The van der Waals surface area contributed by atoms with Crippen LogP contribution in [0.1, 0.15) is 25.7 Å². The predicted octanol–water partition coefficient (Wildman–Crippen LogP) is 1.18. The van der Waals surface area contributed by atoms with Crippen molar-refractivity contribution in [3.05, 3.63) is 0 Å². The molecule has 0 saturated carbocycles. The Morgan fingerprint density at radius 3 is 2.43 bits per heavy atom. The lowest BCUT2D eigenvalue weighted by atomic mass is 9.90. The molecule has 2 aliphatic heterocycles. The van der Waals surface area contributed by atoms with E-state index in [-0.39, 0.29) is 0 Å². The molecule has 0 aromatic rings. The molecule has 2 aliphatic rings. The van der Waals surface area contributed by atoms with E-state index >= 15 is 0 Å². The summed E-state index contributed by atoms with van der Waals surface area (Å²) in [5.41, 5.74) is 0. The molecule has 0 aromatic carbocycles. The largest absolute Gasteiger partial charge is 0.376 e. The molecule has 0 aromatic heterocycles. The first kappa shape index (κ1) is 10.4. The van der Waals surface area contributed by atoms with E-state index in [1.807, 2.05) is 0 Å². The van der Waals surface area contributed by atoms with Gasteiger partial charge in [-0.25, -0.2) is 0 Å². The molecule has 2 rings (SSSR count). The number of hydrogen-bond acceptors (Lipinski definition) is 3. The lowest BCUT2D eigenvalue weighted by Crippen LogP contribution is -2.36. The maximum atomic E-state index is 5.77. The third kappa shape index (κ3) is 2.94. The van der Waals surface area contributed by atoms with Gasteiger partial charge in [-0.3, -0.25) is 0 Å². The summed E-state index contributed by atoms with van der Waals surface area (Å²) in [5, 5.41) is 3.44. The van der Waals surface area contributed by atoms with Crippen molar-refractivity contribution in [1.82, 2.24) is 5.32 Å². The van der Waals surface area contributed by atoms with E-state index < -0.39 is 0 Å². The number of hydrogen-bond donors (Lipinski definition) is 1. The first-order chi connectivity index (χ1) is 6.97. The molecule has 1 unspecified atom stereocenters. The highest BCUT2D eigenvalue weighted by Crippen LogP contribution is 2.23. The van der Waals surface area contributed by atoms with Crippen LogP contribution in [0.5, 0.6) is 0 Å². The Kier molecular flexibility index (Phi) is 4.22. The Balaban J connectivity index is 1.80. The fraction of sp³-hybridized carbons (Fsp3) is 1.00. The Hall–Kier alpha value is -0.120. The van der Waals surface area contributed by atoms with Crippen LogP contribution in [0.2, 0.25) is 0 Å². The van der Waals surface area contributed by atoms with Gasteiger partial charge in [0, 0.05) is 0 Å². The Bertz CT molecular complexity index is 149. The number of nitrogens with one attached hydrogen (secondary N) is 1. The Labute approximate surface area is 86.2 Å². The molecule has 1 atom stereocenters. The van der Waals surface area contributed by atoms with Crippen LogP contribution in [0, 0.1) is 5.92 Å². The number of ether oxygens (including phenoxy) is 2. The zero-order chi connectivity index (χ0) is 9.64. The molecular weight excluding hydrogens is 178 g/mol. The SMILES string of the molecule is C1CNCCCC(C2COCCO2)C1. The summed E-state index contributed by atoms with van der Waals surface area (Å²) in [4.78, 5) is 0. The predicted molar refractivity (Wildman–Crippen MR) is 55.4 cm³/mol. The Morgan fingerprint density at radius 2 is 1.79 bits per heavy atom. The van der Waals surface area contributed by atoms with Gasteiger partial charge < -0.3 is 14.8 Å². The minimum absolute atomic E-state index is 0.377. The standard InChI is InChI=1S/C11H21NO2/c1-3-10(4-2-6-12-5-1)11-9-13-7-8-14-11/h10-12H,1-9H2. The molecule has 82 valence electrons. The van der Waals surface area contributed by atoms with E-state index in [1.54, 1.807) is 0 Å². The molecule has 0 spiro atoms. The van der Waals surface area contributed by atoms with Crippen LogP contribution in [0.4, 0.5) is 0 Å². The summed E-state index contributed by atoms with van der Waals surface area (Å²) < 4.78 is 11.2. The third-order valence-corrected chi connectivity index (χ3v) is 3.22. The molecule has 0 amide bonds. The van der Waals surface area contributed by atoms with Crippen molar-refractivity contribution in [3.63, 3.8) is 0 Å².